The molecule has 0 aliphatic rings. The van der Waals surface area contributed by atoms with E-state index in [4.69, 9.17) is 16.7 Å². The molecule has 0 saturated carbocycles. The Labute approximate surface area is 97.5 Å². The largest absolute Gasteiger partial charge is 0.479 e. The summed E-state index contributed by atoms with van der Waals surface area (Å²) in [6.07, 6.45) is -1.65. The number of carboxylic acid groups (broad SMARTS) is 1. The van der Waals surface area contributed by atoms with Crippen molar-refractivity contribution in [2.75, 3.05) is 0 Å². The van der Waals surface area contributed by atoms with E-state index >= 15 is 0 Å². The number of rotatable bonds is 4. The van der Waals surface area contributed by atoms with E-state index in [1.54, 1.807) is 6.07 Å². The molecular formula is C11H11ClO4. The maximum absolute atomic E-state index is 11.0. The lowest BCUT2D eigenvalue weighted by Crippen LogP contribution is -2.14. The van der Waals surface area contributed by atoms with E-state index in [0.717, 1.165) is 0 Å². The highest BCUT2D eigenvalue weighted by Crippen LogP contribution is 2.26. The zero-order valence-electron chi connectivity index (χ0n) is 8.61. The summed E-state index contributed by atoms with van der Waals surface area (Å²) in [5, 5.41) is 18.4. The molecule has 0 bridgehead atoms. The number of benzene rings is 1. The van der Waals surface area contributed by atoms with Crippen molar-refractivity contribution in [1.82, 2.24) is 0 Å². The Hall–Kier alpha value is -1.39. The van der Waals surface area contributed by atoms with Gasteiger partial charge in [-0.25, -0.2) is 4.79 Å². The summed E-state index contributed by atoms with van der Waals surface area (Å²) >= 11 is 5.87. The van der Waals surface area contributed by atoms with Gasteiger partial charge < -0.3 is 10.2 Å². The average molecular weight is 243 g/mol. The highest BCUT2D eigenvalue weighted by molar-refractivity contribution is 6.31. The molecule has 5 heteroatoms. The van der Waals surface area contributed by atoms with Crippen molar-refractivity contribution >= 4 is 23.4 Å². The first-order chi connectivity index (χ1) is 7.43. The zero-order chi connectivity index (χ0) is 12.3. The molecule has 1 unspecified atom stereocenters. The minimum absolute atomic E-state index is 0.0132. The fourth-order valence-corrected chi connectivity index (χ4v) is 1.65. The molecule has 1 aromatic rings. The minimum Gasteiger partial charge on any atom is -0.479 e. The molecule has 0 amide bonds. The van der Waals surface area contributed by atoms with Crippen LogP contribution in [0.4, 0.5) is 0 Å². The third kappa shape index (κ3) is 2.81. The summed E-state index contributed by atoms with van der Waals surface area (Å²) in [6.45, 7) is 1.38. The average Bonchev–Trinajstić information content (AvgIpc) is 2.19. The van der Waals surface area contributed by atoms with Crippen LogP contribution in [0.15, 0.2) is 18.2 Å². The molecule has 86 valence electrons. The van der Waals surface area contributed by atoms with Crippen LogP contribution in [0.5, 0.6) is 0 Å². The van der Waals surface area contributed by atoms with Gasteiger partial charge in [-0.15, -0.1) is 0 Å². The molecule has 4 nitrogen and oxygen atoms in total. The molecule has 0 aromatic heterocycles. The fourth-order valence-electron chi connectivity index (χ4n) is 1.40. The second-order valence-corrected chi connectivity index (χ2v) is 3.83. The van der Waals surface area contributed by atoms with Crippen LogP contribution in [0, 0.1) is 0 Å². The number of aliphatic hydroxyl groups excluding tert-OH is 1. The molecule has 0 saturated heterocycles. The van der Waals surface area contributed by atoms with Gasteiger partial charge in [-0.3, -0.25) is 4.79 Å². The lowest BCUT2D eigenvalue weighted by atomic mass is 9.98. The lowest BCUT2D eigenvalue weighted by molar-refractivity contribution is -0.147. The first kappa shape index (κ1) is 12.7. The summed E-state index contributed by atoms with van der Waals surface area (Å²) in [5.41, 5.74) is 0.529. The van der Waals surface area contributed by atoms with Crippen molar-refractivity contribution in [3.8, 4) is 0 Å². The highest BCUT2D eigenvalue weighted by Gasteiger charge is 2.21. The van der Waals surface area contributed by atoms with Gasteiger partial charge in [0.1, 0.15) is 5.78 Å². The standard InChI is InChI=1S/C11H11ClO4/c1-6(13)5-8-7(10(14)11(15)16)3-2-4-9(8)12/h2-4,10,14H,5H2,1H3,(H,15,16). The van der Waals surface area contributed by atoms with Crippen molar-refractivity contribution in [3.05, 3.63) is 34.3 Å². The third-order valence-electron chi connectivity index (χ3n) is 2.11. The predicted molar refractivity (Wildman–Crippen MR) is 58.4 cm³/mol. The molecule has 0 aliphatic carbocycles. The summed E-state index contributed by atoms with van der Waals surface area (Å²) in [5.74, 6) is -1.51. The predicted octanol–water partition coefficient (Wildman–Crippen LogP) is 1.59. The molecule has 1 atom stereocenters. The van der Waals surface area contributed by atoms with Crippen LogP contribution < -0.4 is 0 Å². The Balaban J connectivity index is 3.22. The summed E-state index contributed by atoms with van der Waals surface area (Å²) in [7, 11) is 0. The van der Waals surface area contributed by atoms with Crippen LogP contribution in [0.25, 0.3) is 0 Å². The number of Topliss-reactive ketones (excluding diaryl/α,β-unsaturated/α-hetero) is 1. The summed E-state index contributed by atoms with van der Waals surface area (Å²) < 4.78 is 0. The molecular weight excluding hydrogens is 232 g/mol. The van der Waals surface area contributed by atoms with Gasteiger partial charge in [-0.05, 0) is 24.1 Å². The van der Waals surface area contributed by atoms with Crippen LogP contribution >= 0.6 is 11.6 Å². The van der Waals surface area contributed by atoms with Crippen LogP contribution in [0.1, 0.15) is 24.2 Å². The Bertz CT molecular complexity index is 428. The molecule has 0 radical (unpaired) electrons. The van der Waals surface area contributed by atoms with E-state index in [-0.39, 0.29) is 22.8 Å². The number of halogens is 1. The van der Waals surface area contributed by atoms with Crippen LogP contribution in [-0.4, -0.2) is 22.0 Å². The quantitative estimate of drug-likeness (QED) is 0.841. The zero-order valence-corrected chi connectivity index (χ0v) is 9.36. The summed E-state index contributed by atoms with van der Waals surface area (Å²) in [4.78, 5) is 21.7. The fraction of sp³-hybridized carbons (Fsp3) is 0.273. The number of aliphatic hydroxyl groups is 1. The maximum atomic E-state index is 11.0. The molecule has 0 spiro atoms. The van der Waals surface area contributed by atoms with Gasteiger partial charge in [-0.1, -0.05) is 23.7 Å². The van der Waals surface area contributed by atoms with Gasteiger partial charge in [0.2, 0.25) is 0 Å². The van der Waals surface area contributed by atoms with Crippen molar-refractivity contribution in [2.45, 2.75) is 19.4 Å². The van der Waals surface area contributed by atoms with Crippen LogP contribution in [0.3, 0.4) is 0 Å². The van der Waals surface area contributed by atoms with Crippen molar-refractivity contribution in [1.29, 1.82) is 0 Å². The lowest BCUT2D eigenvalue weighted by Gasteiger charge is -2.12. The SMILES string of the molecule is CC(=O)Cc1c(Cl)cccc1C(O)C(=O)O. The number of ketones is 1. The molecule has 2 N–H and O–H groups in total. The Morgan fingerprint density at radius 3 is 2.56 bits per heavy atom. The molecule has 1 aromatic carbocycles. The van der Waals surface area contributed by atoms with E-state index in [0.29, 0.717) is 5.56 Å². The monoisotopic (exact) mass is 242 g/mol. The second kappa shape index (κ2) is 5.09. The van der Waals surface area contributed by atoms with Gasteiger partial charge in [0, 0.05) is 11.4 Å². The Kier molecular flexibility index (Phi) is 4.04. The number of hydrogen-bond donors (Lipinski definition) is 2. The number of hydrogen-bond acceptors (Lipinski definition) is 3. The topological polar surface area (TPSA) is 74.6 Å². The van der Waals surface area contributed by atoms with Gasteiger partial charge in [0.25, 0.3) is 0 Å². The van der Waals surface area contributed by atoms with Crippen molar-refractivity contribution in [2.24, 2.45) is 0 Å². The first-order valence-electron chi connectivity index (χ1n) is 4.61. The number of aliphatic carboxylic acids is 1. The van der Waals surface area contributed by atoms with Crippen molar-refractivity contribution in [3.63, 3.8) is 0 Å². The van der Waals surface area contributed by atoms with E-state index in [9.17, 15) is 14.7 Å². The number of carbonyl (C=O) groups is 2. The van der Waals surface area contributed by atoms with E-state index in [2.05, 4.69) is 0 Å². The van der Waals surface area contributed by atoms with E-state index in [1.807, 2.05) is 0 Å². The number of carboxylic acids is 1. The molecule has 0 fully saturated rings. The number of carbonyl (C=O) groups excluding carboxylic acids is 1. The molecule has 16 heavy (non-hydrogen) atoms. The highest BCUT2D eigenvalue weighted by atomic mass is 35.5. The van der Waals surface area contributed by atoms with Gasteiger partial charge >= 0.3 is 5.97 Å². The molecule has 0 heterocycles. The smallest absolute Gasteiger partial charge is 0.337 e. The van der Waals surface area contributed by atoms with Gasteiger partial charge in [-0.2, -0.15) is 0 Å². The summed E-state index contributed by atoms with van der Waals surface area (Å²) in [6, 6.07) is 4.54. The van der Waals surface area contributed by atoms with Crippen LogP contribution in [0.2, 0.25) is 5.02 Å². The normalized spacial score (nSPS) is 12.2. The Morgan fingerprint density at radius 1 is 1.44 bits per heavy atom. The van der Waals surface area contributed by atoms with Gasteiger partial charge in [0.15, 0.2) is 6.10 Å². The Morgan fingerprint density at radius 2 is 2.06 bits per heavy atom. The van der Waals surface area contributed by atoms with Gasteiger partial charge in [0.05, 0.1) is 0 Å². The van der Waals surface area contributed by atoms with E-state index in [1.165, 1.54) is 19.1 Å². The van der Waals surface area contributed by atoms with Crippen LogP contribution in [-0.2, 0) is 16.0 Å². The first-order valence-corrected chi connectivity index (χ1v) is 4.99. The van der Waals surface area contributed by atoms with E-state index < -0.39 is 12.1 Å². The van der Waals surface area contributed by atoms with Crippen molar-refractivity contribution < 1.29 is 19.8 Å². The minimum atomic E-state index is -1.66. The second-order valence-electron chi connectivity index (χ2n) is 3.43. The maximum Gasteiger partial charge on any atom is 0.337 e. The molecule has 1 rings (SSSR count). The third-order valence-corrected chi connectivity index (χ3v) is 2.46. The molecule has 0 aliphatic heterocycles.